The van der Waals surface area contributed by atoms with Crippen LogP contribution in [0.25, 0.3) is 0 Å². The van der Waals surface area contributed by atoms with Gasteiger partial charge in [-0.3, -0.25) is 10.1 Å². The van der Waals surface area contributed by atoms with E-state index in [-0.39, 0.29) is 11.8 Å². The zero-order valence-electron chi connectivity index (χ0n) is 9.08. The summed E-state index contributed by atoms with van der Waals surface area (Å²) in [5, 5.41) is 3.16. The van der Waals surface area contributed by atoms with Crippen LogP contribution in [0, 0.1) is 12.3 Å². The Morgan fingerprint density at radius 2 is 2.20 bits per heavy atom. The van der Waals surface area contributed by atoms with Crippen molar-refractivity contribution < 1.29 is 4.79 Å². The lowest BCUT2D eigenvalue weighted by atomic mass is 9.99. The van der Waals surface area contributed by atoms with Crippen molar-refractivity contribution in [3.8, 4) is 12.3 Å². The fourth-order valence-electron chi connectivity index (χ4n) is 1.52. The van der Waals surface area contributed by atoms with Crippen LogP contribution in [0.4, 0.5) is 0 Å². The van der Waals surface area contributed by atoms with Crippen LogP contribution in [0.2, 0.25) is 0 Å². The van der Waals surface area contributed by atoms with E-state index in [0.717, 1.165) is 11.1 Å². The van der Waals surface area contributed by atoms with Gasteiger partial charge >= 0.3 is 0 Å². The van der Waals surface area contributed by atoms with E-state index < -0.39 is 0 Å². The summed E-state index contributed by atoms with van der Waals surface area (Å²) in [5.41, 5.74) is 1.76. The summed E-state index contributed by atoms with van der Waals surface area (Å²) in [4.78, 5) is 11.4. The van der Waals surface area contributed by atoms with Gasteiger partial charge < -0.3 is 0 Å². The van der Waals surface area contributed by atoms with Gasteiger partial charge in [0.2, 0.25) is 0 Å². The Morgan fingerprint density at radius 3 is 2.80 bits per heavy atom. The van der Waals surface area contributed by atoms with Crippen molar-refractivity contribution in [3.63, 3.8) is 0 Å². The number of hydrogen-bond donors (Lipinski definition) is 1. The predicted octanol–water partition coefficient (Wildman–Crippen LogP) is 2.17. The zero-order chi connectivity index (χ0) is 11.3. The molecule has 0 spiro atoms. The van der Waals surface area contributed by atoms with Gasteiger partial charge in [-0.15, -0.1) is 6.42 Å². The number of carbonyl (C=O) groups excluding carboxylic acids is 1. The van der Waals surface area contributed by atoms with E-state index in [1.54, 1.807) is 6.92 Å². The molecule has 0 saturated heterocycles. The van der Waals surface area contributed by atoms with Gasteiger partial charge in [-0.1, -0.05) is 30.2 Å². The van der Waals surface area contributed by atoms with Gasteiger partial charge in [0.25, 0.3) is 0 Å². The zero-order valence-corrected chi connectivity index (χ0v) is 9.08. The quantitative estimate of drug-likeness (QED) is 0.597. The molecule has 0 radical (unpaired) electrons. The molecule has 0 saturated carbocycles. The number of ketones is 1. The van der Waals surface area contributed by atoms with Crippen LogP contribution in [0.3, 0.4) is 0 Å². The second-order valence-electron chi connectivity index (χ2n) is 3.45. The molecule has 1 N–H and O–H groups in total. The lowest BCUT2D eigenvalue weighted by Crippen LogP contribution is -2.20. The highest BCUT2D eigenvalue weighted by Crippen LogP contribution is 2.17. The third kappa shape index (κ3) is 2.93. The molecular formula is C13H15NO. The van der Waals surface area contributed by atoms with Gasteiger partial charge in [-0.05, 0) is 19.4 Å². The van der Waals surface area contributed by atoms with Gasteiger partial charge in [-0.25, -0.2) is 0 Å². The predicted molar refractivity (Wildman–Crippen MR) is 61.7 cm³/mol. The Morgan fingerprint density at radius 1 is 1.53 bits per heavy atom. The minimum Gasteiger partial charge on any atom is -0.300 e. The second-order valence-corrected chi connectivity index (χ2v) is 3.45. The Kier molecular flexibility index (Phi) is 4.08. The first-order valence-electron chi connectivity index (χ1n) is 4.93. The third-order valence-corrected chi connectivity index (χ3v) is 2.32. The van der Waals surface area contributed by atoms with Gasteiger partial charge in [0.15, 0.2) is 5.78 Å². The maximum atomic E-state index is 11.4. The van der Waals surface area contributed by atoms with Crippen LogP contribution in [-0.2, 0) is 0 Å². The fraction of sp³-hybridized carbons (Fsp3) is 0.308. The average molecular weight is 201 g/mol. The molecular weight excluding hydrogens is 186 g/mol. The Balaban J connectivity index is 2.93. The smallest absolute Gasteiger partial charge is 0.160 e. The molecule has 1 unspecified atom stereocenters. The number of terminal acetylenes is 1. The first-order valence-corrected chi connectivity index (χ1v) is 4.93. The molecule has 1 aromatic rings. The standard InChI is InChI=1S/C13H15NO/c1-4-9-14-10(2)12-7-5-6-8-13(12)11(3)15/h1,5-8,10,14H,9H2,2-3H3. The van der Waals surface area contributed by atoms with Crippen molar-refractivity contribution in [3.05, 3.63) is 35.4 Å². The highest BCUT2D eigenvalue weighted by Gasteiger charge is 2.11. The van der Waals surface area contributed by atoms with Gasteiger partial charge in [-0.2, -0.15) is 0 Å². The van der Waals surface area contributed by atoms with Crippen molar-refractivity contribution in [2.24, 2.45) is 0 Å². The molecule has 0 aliphatic rings. The van der Waals surface area contributed by atoms with Crippen molar-refractivity contribution in [1.82, 2.24) is 5.32 Å². The molecule has 0 heterocycles. The maximum Gasteiger partial charge on any atom is 0.160 e. The molecule has 15 heavy (non-hydrogen) atoms. The van der Waals surface area contributed by atoms with E-state index in [1.165, 1.54) is 0 Å². The Bertz CT molecular complexity index is 390. The highest BCUT2D eigenvalue weighted by molar-refractivity contribution is 5.95. The van der Waals surface area contributed by atoms with Crippen LogP contribution in [0.5, 0.6) is 0 Å². The van der Waals surface area contributed by atoms with E-state index in [1.807, 2.05) is 31.2 Å². The summed E-state index contributed by atoms with van der Waals surface area (Å²) in [5.74, 6) is 2.60. The molecule has 0 bridgehead atoms. The van der Waals surface area contributed by atoms with E-state index in [2.05, 4.69) is 11.2 Å². The molecule has 0 amide bonds. The molecule has 78 valence electrons. The van der Waals surface area contributed by atoms with Gasteiger partial charge in [0, 0.05) is 11.6 Å². The van der Waals surface area contributed by atoms with Crippen LogP contribution in [-0.4, -0.2) is 12.3 Å². The number of rotatable bonds is 4. The number of hydrogen-bond acceptors (Lipinski definition) is 2. The summed E-state index contributed by atoms with van der Waals surface area (Å²) in [7, 11) is 0. The number of Topliss-reactive ketones (excluding diaryl/α,β-unsaturated/α-hetero) is 1. The van der Waals surface area contributed by atoms with Crippen molar-refractivity contribution >= 4 is 5.78 Å². The summed E-state index contributed by atoms with van der Waals surface area (Å²) in [6.07, 6.45) is 5.17. The second kappa shape index (κ2) is 5.33. The summed E-state index contributed by atoms with van der Waals surface area (Å²) < 4.78 is 0. The fourth-order valence-corrected chi connectivity index (χ4v) is 1.52. The lowest BCUT2D eigenvalue weighted by molar-refractivity contribution is 0.101. The molecule has 2 nitrogen and oxygen atoms in total. The van der Waals surface area contributed by atoms with Crippen LogP contribution in [0.1, 0.15) is 35.8 Å². The number of carbonyl (C=O) groups is 1. The lowest BCUT2D eigenvalue weighted by Gasteiger charge is -2.15. The van der Waals surface area contributed by atoms with Gasteiger partial charge in [0.1, 0.15) is 0 Å². The SMILES string of the molecule is C#CCNC(C)c1ccccc1C(C)=O. The molecule has 0 aliphatic carbocycles. The number of nitrogens with one attached hydrogen (secondary N) is 1. The Hall–Kier alpha value is -1.59. The average Bonchev–Trinajstić information content (AvgIpc) is 2.25. The van der Waals surface area contributed by atoms with Crippen molar-refractivity contribution in [1.29, 1.82) is 0 Å². The van der Waals surface area contributed by atoms with Crippen molar-refractivity contribution in [2.45, 2.75) is 19.9 Å². The molecule has 2 heteroatoms. The van der Waals surface area contributed by atoms with E-state index in [0.29, 0.717) is 6.54 Å². The van der Waals surface area contributed by atoms with E-state index in [9.17, 15) is 4.79 Å². The first kappa shape index (κ1) is 11.5. The molecule has 0 aliphatic heterocycles. The van der Waals surface area contributed by atoms with E-state index >= 15 is 0 Å². The summed E-state index contributed by atoms with van der Waals surface area (Å²) in [6, 6.07) is 7.68. The Labute approximate surface area is 90.7 Å². The van der Waals surface area contributed by atoms with E-state index in [4.69, 9.17) is 6.42 Å². The molecule has 1 aromatic carbocycles. The molecule has 0 aromatic heterocycles. The molecule has 0 fully saturated rings. The van der Waals surface area contributed by atoms with Crippen LogP contribution < -0.4 is 5.32 Å². The van der Waals surface area contributed by atoms with Gasteiger partial charge in [0.05, 0.1) is 6.54 Å². The highest BCUT2D eigenvalue weighted by atomic mass is 16.1. The van der Waals surface area contributed by atoms with Crippen LogP contribution in [0.15, 0.2) is 24.3 Å². The summed E-state index contributed by atoms with van der Waals surface area (Å²) in [6.45, 7) is 4.08. The summed E-state index contributed by atoms with van der Waals surface area (Å²) >= 11 is 0. The largest absolute Gasteiger partial charge is 0.300 e. The minimum absolute atomic E-state index is 0.0833. The number of benzene rings is 1. The minimum atomic E-state index is 0.0833. The maximum absolute atomic E-state index is 11.4. The van der Waals surface area contributed by atoms with Crippen LogP contribution >= 0.6 is 0 Å². The third-order valence-electron chi connectivity index (χ3n) is 2.32. The normalized spacial score (nSPS) is 11.8. The topological polar surface area (TPSA) is 29.1 Å². The van der Waals surface area contributed by atoms with Crippen molar-refractivity contribution in [2.75, 3.05) is 6.54 Å². The first-order chi connectivity index (χ1) is 7.16. The molecule has 1 rings (SSSR count). The molecule has 1 atom stereocenters. The monoisotopic (exact) mass is 201 g/mol.